The lowest BCUT2D eigenvalue weighted by molar-refractivity contribution is -0.663. The highest BCUT2D eigenvalue weighted by molar-refractivity contribution is 5.81. The number of aryl methyl sites for hydroxylation is 2. The zero-order valence-corrected chi connectivity index (χ0v) is 10.8. The maximum Gasteiger partial charge on any atom is 0.290 e. The Bertz CT molecular complexity index is 827. The van der Waals surface area contributed by atoms with Crippen LogP contribution in [0.25, 0.3) is 22.4 Å². The lowest BCUT2D eigenvalue weighted by Crippen LogP contribution is -2.38. The van der Waals surface area contributed by atoms with Crippen molar-refractivity contribution in [2.75, 3.05) is 0 Å². The number of aromatic nitrogens is 2. The molecule has 0 fully saturated rings. The second kappa shape index (κ2) is 3.27. The van der Waals surface area contributed by atoms with Crippen molar-refractivity contribution in [2.45, 2.75) is 25.9 Å². The zero-order valence-electron chi connectivity index (χ0n) is 10.8. The van der Waals surface area contributed by atoms with Gasteiger partial charge in [-0.3, -0.25) is 0 Å². The SMILES string of the molecule is c1ccc2c(c1)Cn1c-2[n+]2c3c(cccc31)CCC2. The highest BCUT2D eigenvalue weighted by atomic mass is 15.2. The van der Waals surface area contributed by atoms with Gasteiger partial charge in [-0.1, -0.05) is 30.3 Å². The van der Waals surface area contributed by atoms with Crippen LogP contribution >= 0.6 is 0 Å². The molecule has 0 amide bonds. The Morgan fingerprint density at radius 2 is 1.84 bits per heavy atom. The van der Waals surface area contributed by atoms with E-state index >= 15 is 0 Å². The van der Waals surface area contributed by atoms with Gasteiger partial charge in [0.2, 0.25) is 0 Å². The van der Waals surface area contributed by atoms with E-state index in [1.54, 1.807) is 0 Å². The van der Waals surface area contributed by atoms with Crippen LogP contribution < -0.4 is 4.57 Å². The lowest BCUT2D eigenvalue weighted by atomic mass is 10.0. The maximum atomic E-state index is 2.54. The molecule has 3 heterocycles. The van der Waals surface area contributed by atoms with E-state index in [0.717, 1.165) is 13.1 Å². The van der Waals surface area contributed by atoms with E-state index in [9.17, 15) is 0 Å². The van der Waals surface area contributed by atoms with Gasteiger partial charge in [0.15, 0.2) is 11.0 Å². The normalized spacial score (nSPS) is 15.6. The molecule has 2 aromatic carbocycles. The number of imidazole rings is 1. The third-order valence-electron chi connectivity index (χ3n) is 4.58. The Morgan fingerprint density at radius 3 is 2.84 bits per heavy atom. The van der Waals surface area contributed by atoms with Crippen molar-refractivity contribution in [3.8, 4) is 11.4 Å². The Balaban J connectivity index is 1.98. The first-order valence-corrected chi connectivity index (χ1v) is 7.06. The summed E-state index contributed by atoms with van der Waals surface area (Å²) >= 11 is 0. The summed E-state index contributed by atoms with van der Waals surface area (Å²) in [5.41, 5.74) is 7.27. The number of nitrogens with zero attached hydrogens (tertiary/aromatic N) is 2. The monoisotopic (exact) mass is 247 g/mol. The van der Waals surface area contributed by atoms with Gasteiger partial charge in [0.05, 0.1) is 12.1 Å². The molecule has 0 atom stereocenters. The number of rotatable bonds is 0. The van der Waals surface area contributed by atoms with Gasteiger partial charge in [-0.25, -0.2) is 9.13 Å². The van der Waals surface area contributed by atoms with Gasteiger partial charge in [-0.05, 0) is 25.0 Å². The van der Waals surface area contributed by atoms with E-state index in [4.69, 9.17) is 0 Å². The molecule has 2 heteroatoms. The molecule has 2 aliphatic heterocycles. The van der Waals surface area contributed by atoms with Crippen molar-refractivity contribution in [3.05, 3.63) is 53.6 Å². The minimum atomic E-state index is 1.03. The van der Waals surface area contributed by atoms with Crippen LogP contribution in [0.2, 0.25) is 0 Å². The average Bonchev–Trinajstić information content (AvgIpc) is 2.98. The standard InChI is InChI=1S/C17H15N2/c1-2-8-14-13(5-1)11-19-15-9-3-6-12-7-4-10-18(16(12)15)17(14)19/h1-3,5-6,8-9H,4,7,10-11H2/q+1. The van der Waals surface area contributed by atoms with Crippen molar-refractivity contribution >= 4 is 11.0 Å². The van der Waals surface area contributed by atoms with Crippen molar-refractivity contribution in [1.29, 1.82) is 0 Å². The van der Waals surface area contributed by atoms with Crippen molar-refractivity contribution in [2.24, 2.45) is 0 Å². The largest absolute Gasteiger partial charge is 0.290 e. The predicted octanol–water partition coefficient (Wildman–Crippen LogP) is 2.90. The second-order valence-corrected chi connectivity index (χ2v) is 5.61. The van der Waals surface area contributed by atoms with Crippen molar-refractivity contribution in [3.63, 3.8) is 0 Å². The minimum Gasteiger partial charge on any atom is -0.223 e. The Morgan fingerprint density at radius 1 is 0.947 bits per heavy atom. The first kappa shape index (κ1) is 9.79. The third kappa shape index (κ3) is 1.10. The fraction of sp³-hybridized carbons (Fsp3) is 0.235. The average molecular weight is 247 g/mol. The molecule has 2 aliphatic rings. The number of hydrogen-bond donors (Lipinski definition) is 0. The quantitative estimate of drug-likeness (QED) is 0.422. The predicted molar refractivity (Wildman–Crippen MR) is 75.0 cm³/mol. The topological polar surface area (TPSA) is 8.81 Å². The van der Waals surface area contributed by atoms with Gasteiger partial charge in [0.25, 0.3) is 5.82 Å². The molecule has 0 radical (unpaired) electrons. The molecular weight excluding hydrogens is 232 g/mol. The lowest BCUT2D eigenvalue weighted by Gasteiger charge is -2.10. The number of para-hydroxylation sites is 1. The molecule has 0 unspecified atom stereocenters. The second-order valence-electron chi connectivity index (χ2n) is 5.61. The highest BCUT2D eigenvalue weighted by Crippen LogP contribution is 2.35. The van der Waals surface area contributed by atoms with Crippen LogP contribution in [-0.4, -0.2) is 4.57 Å². The molecule has 3 aromatic rings. The first-order chi connectivity index (χ1) is 9.43. The smallest absolute Gasteiger partial charge is 0.223 e. The summed E-state index contributed by atoms with van der Waals surface area (Å²) in [6.45, 7) is 2.18. The van der Waals surface area contributed by atoms with E-state index in [2.05, 4.69) is 51.6 Å². The van der Waals surface area contributed by atoms with E-state index < -0.39 is 0 Å². The van der Waals surface area contributed by atoms with Gasteiger partial charge in [-0.2, -0.15) is 0 Å². The third-order valence-corrected chi connectivity index (χ3v) is 4.58. The van der Waals surface area contributed by atoms with Crippen LogP contribution in [-0.2, 0) is 19.5 Å². The number of benzene rings is 2. The van der Waals surface area contributed by atoms with Crippen LogP contribution in [0, 0.1) is 0 Å². The van der Waals surface area contributed by atoms with Gasteiger partial charge < -0.3 is 0 Å². The summed E-state index contributed by atoms with van der Waals surface area (Å²) in [7, 11) is 0. The molecule has 92 valence electrons. The summed E-state index contributed by atoms with van der Waals surface area (Å²) in [5.74, 6) is 1.41. The molecule has 2 nitrogen and oxygen atoms in total. The van der Waals surface area contributed by atoms with Crippen LogP contribution in [0.4, 0.5) is 0 Å². The number of fused-ring (bicyclic) bond motifs is 5. The molecule has 0 bridgehead atoms. The zero-order chi connectivity index (χ0) is 12.4. The van der Waals surface area contributed by atoms with Crippen LogP contribution in [0.3, 0.4) is 0 Å². The summed E-state index contributed by atoms with van der Waals surface area (Å²) < 4.78 is 5.04. The fourth-order valence-electron chi connectivity index (χ4n) is 3.82. The molecular formula is C17H15N2+. The Labute approximate surface area is 111 Å². The first-order valence-electron chi connectivity index (χ1n) is 7.06. The Hall–Kier alpha value is -2.09. The molecule has 19 heavy (non-hydrogen) atoms. The molecule has 0 N–H and O–H groups in total. The molecule has 0 aliphatic carbocycles. The molecule has 0 saturated carbocycles. The van der Waals surface area contributed by atoms with Crippen LogP contribution in [0.1, 0.15) is 17.5 Å². The summed E-state index contributed by atoms with van der Waals surface area (Å²) in [4.78, 5) is 0. The van der Waals surface area contributed by atoms with E-state index in [1.165, 1.54) is 46.4 Å². The van der Waals surface area contributed by atoms with E-state index in [0.29, 0.717) is 0 Å². The Kier molecular flexibility index (Phi) is 1.68. The molecule has 0 spiro atoms. The minimum absolute atomic E-state index is 1.03. The summed E-state index contributed by atoms with van der Waals surface area (Å²) in [6.07, 6.45) is 2.48. The fourth-order valence-corrected chi connectivity index (χ4v) is 3.82. The summed E-state index contributed by atoms with van der Waals surface area (Å²) in [5, 5.41) is 0. The van der Waals surface area contributed by atoms with Crippen molar-refractivity contribution < 1.29 is 4.57 Å². The van der Waals surface area contributed by atoms with Crippen molar-refractivity contribution in [1.82, 2.24) is 4.57 Å². The number of hydrogen-bond acceptors (Lipinski definition) is 0. The van der Waals surface area contributed by atoms with E-state index in [1.807, 2.05) is 0 Å². The van der Waals surface area contributed by atoms with E-state index in [-0.39, 0.29) is 0 Å². The maximum absolute atomic E-state index is 2.54. The van der Waals surface area contributed by atoms with Gasteiger partial charge in [-0.15, -0.1) is 0 Å². The van der Waals surface area contributed by atoms with Crippen LogP contribution in [0.5, 0.6) is 0 Å². The summed E-state index contributed by atoms with van der Waals surface area (Å²) in [6, 6.07) is 15.6. The van der Waals surface area contributed by atoms with Crippen LogP contribution in [0.15, 0.2) is 42.5 Å². The molecule has 5 rings (SSSR count). The van der Waals surface area contributed by atoms with Gasteiger partial charge in [0.1, 0.15) is 6.54 Å². The van der Waals surface area contributed by atoms with Gasteiger partial charge in [0, 0.05) is 11.1 Å². The highest BCUT2D eigenvalue weighted by Gasteiger charge is 2.35. The molecule has 0 saturated heterocycles. The van der Waals surface area contributed by atoms with Gasteiger partial charge >= 0.3 is 0 Å². The molecule has 1 aromatic heterocycles.